The fraction of sp³-hybridized carbons (Fsp3) is 0.643. The minimum Gasteiger partial charge on any atom is -0.409 e. The summed E-state index contributed by atoms with van der Waals surface area (Å²) in [5, 5.41) is 15.1. The summed E-state index contributed by atoms with van der Waals surface area (Å²) < 4.78 is 0. The van der Waals surface area contributed by atoms with E-state index in [1.165, 1.54) is 0 Å². The van der Waals surface area contributed by atoms with Crippen LogP contribution in [0.25, 0.3) is 0 Å². The molecule has 1 aromatic heterocycles. The molecule has 0 aliphatic heterocycles. The molecule has 6 heteroatoms. The van der Waals surface area contributed by atoms with Gasteiger partial charge in [-0.15, -0.1) is 0 Å². The average Bonchev–Trinajstić information content (AvgIpc) is 2.41. The lowest BCUT2D eigenvalue weighted by Gasteiger charge is -2.22. The number of unbranched alkanes of at least 4 members (excludes halogenated alkanes) is 1. The number of aryl methyl sites for hydroxylation is 1. The van der Waals surface area contributed by atoms with Crippen LogP contribution < -0.4 is 11.1 Å². The SMILES string of the molecule is Cc1nccc(CNCCCCC(C)(C)/C(N)=N/O)n1. The smallest absolute Gasteiger partial charge is 0.144 e. The zero-order chi connectivity index (χ0) is 15.0. The van der Waals surface area contributed by atoms with E-state index in [1.54, 1.807) is 6.20 Å². The van der Waals surface area contributed by atoms with Gasteiger partial charge >= 0.3 is 0 Å². The first-order valence-electron chi connectivity index (χ1n) is 6.93. The van der Waals surface area contributed by atoms with E-state index in [0.29, 0.717) is 5.84 Å². The third-order valence-corrected chi connectivity index (χ3v) is 3.35. The molecular weight excluding hydrogens is 254 g/mol. The zero-order valence-electron chi connectivity index (χ0n) is 12.6. The van der Waals surface area contributed by atoms with Crippen molar-refractivity contribution in [3.8, 4) is 0 Å². The predicted molar refractivity (Wildman–Crippen MR) is 79.5 cm³/mol. The number of nitrogens with two attached hydrogens (primary N) is 1. The van der Waals surface area contributed by atoms with Crippen LogP contribution in [0.1, 0.15) is 44.6 Å². The Hall–Kier alpha value is -1.69. The molecular formula is C14H25N5O. The van der Waals surface area contributed by atoms with Gasteiger partial charge in [0.25, 0.3) is 0 Å². The van der Waals surface area contributed by atoms with Gasteiger partial charge in [0.05, 0.1) is 5.69 Å². The molecule has 0 bridgehead atoms. The highest BCUT2D eigenvalue weighted by Gasteiger charge is 2.22. The summed E-state index contributed by atoms with van der Waals surface area (Å²) >= 11 is 0. The van der Waals surface area contributed by atoms with E-state index >= 15 is 0 Å². The van der Waals surface area contributed by atoms with Crippen LogP contribution in [0.15, 0.2) is 17.4 Å². The van der Waals surface area contributed by atoms with Gasteiger partial charge < -0.3 is 16.3 Å². The fourth-order valence-electron chi connectivity index (χ4n) is 1.90. The van der Waals surface area contributed by atoms with E-state index in [0.717, 1.165) is 43.9 Å². The van der Waals surface area contributed by atoms with Crippen LogP contribution in [-0.4, -0.2) is 27.6 Å². The molecule has 0 saturated carbocycles. The van der Waals surface area contributed by atoms with Crippen molar-refractivity contribution >= 4 is 5.84 Å². The molecule has 0 spiro atoms. The summed E-state index contributed by atoms with van der Waals surface area (Å²) in [7, 11) is 0. The second-order valence-electron chi connectivity index (χ2n) is 5.60. The third-order valence-electron chi connectivity index (χ3n) is 3.35. The Kier molecular flexibility index (Phi) is 6.38. The number of hydrogen-bond donors (Lipinski definition) is 3. The zero-order valence-corrected chi connectivity index (χ0v) is 12.6. The molecule has 20 heavy (non-hydrogen) atoms. The highest BCUT2D eigenvalue weighted by atomic mass is 16.4. The minimum absolute atomic E-state index is 0.251. The Morgan fingerprint density at radius 1 is 1.45 bits per heavy atom. The number of rotatable bonds is 8. The molecule has 6 nitrogen and oxygen atoms in total. The third kappa shape index (κ3) is 5.52. The van der Waals surface area contributed by atoms with E-state index in [-0.39, 0.29) is 5.41 Å². The van der Waals surface area contributed by atoms with Crippen molar-refractivity contribution in [1.29, 1.82) is 0 Å². The van der Waals surface area contributed by atoms with Crippen LogP contribution in [0.4, 0.5) is 0 Å². The van der Waals surface area contributed by atoms with Crippen molar-refractivity contribution in [2.24, 2.45) is 16.3 Å². The van der Waals surface area contributed by atoms with E-state index in [9.17, 15) is 0 Å². The summed E-state index contributed by atoms with van der Waals surface area (Å²) in [4.78, 5) is 8.40. The summed E-state index contributed by atoms with van der Waals surface area (Å²) in [5.41, 5.74) is 6.41. The highest BCUT2D eigenvalue weighted by Crippen LogP contribution is 2.23. The minimum atomic E-state index is -0.251. The monoisotopic (exact) mass is 279 g/mol. The van der Waals surface area contributed by atoms with Gasteiger partial charge in [-0.2, -0.15) is 0 Å². The van der Waals surface area contributed by atoms with E-state index < -0.39 is 0 Å². The summed E-state index contributed by atoms with van der Waals surface area (Å²) in [5.74, 6) is 1.09. The Labute approximate surface area is 120 Å². The molecule has 112 valence electrons. The van der Waals surface area contributed by atoms with Crippen LogP contribution in [0.3, 0.4) is 0 Å². The molecule has 0 amide bonds. The Balaban J connectivity index is 2.17. The standard InChI is InChI=1S/C14H25N5O/c1-11-17-9-6-12(18-11)10-16-8-5-4-7-14(2,3)13(15)19-20/h6,9,16,20H,4-5,7-8,10H2,1-3H3,(H2,15,19). The molecule has 0 aliphatic carbocycles. The second kappa shape index (κ2) is 7.79. The summed E-state index contributed by atoms with van der Waals surface area (Å²) in [6, 6.07) is 1.92. The Morgan fingerprint density at radius 3 is 2.85 bits per heavy atom. The van der Waals surface area contributed by atoms with Crippen molar-refractivity contribution in [2.75, 3.05) is 6.54 Å². The number of nitrogens with one attached hydrogen (secondary N) is 1. The summed E-state index contributed by atoms with van der Waals surface area (Å²) in [6.07, 6.45) is 4.75. The molecule has 0 atom stereocenters. The average molecular weight is 279 g/mol. The molecule has 0 aliphatic rings. The van der Waals surface area contributed by atoms with E-state index in [2.05, 4.69) is 20.4 Å². The number of amidine groups is 1. The largest absolute Gasteiger partial charge is 0.409 e. The first-order valence-corrected chi connectivity index (χ1v) is 6.93. The van der Waals surface area contributed by atoms with E-state index in [4.69, 9.17) is 10.9 Å². The maximum Gasteiger partial charge on any atom is 0.144 e. The number of oxime groups is 1. The highest BCUT2D eigenvalue weighted by molar-refractivity contribution is 5.85. The van der Waals surface area contributed by atoms with Crippen LogP contribution in [0.5, 0.6) is 0 Å². The molecule has 0 unspecified atom stereocenters. The topological polar surface area (TPSA) is 96.4 Å². The van der Waals surface area contributed by atoms with Gasteiger partial charge in [-0.1, -0.05) is 25.4 Å². The number of aromatic nitrogens is 2. The van der Waals surface area contributed by atoms with Gasteiger partial charge in [0.15, 0.2) is 0 Å². The van der Waals surface area contributed by atoms with Crippen molar-refractivity contribution in [2.45, 2.75) is 46.6 Å². The molecule has 1 rings (SSSR count). The lowest BCUT2D eigenvalue weighted by molar-refractivity contribution is 0.304. The summed E-state index contributed by atoms with van der Waals surface area (Å²) in [6.45, 7) is 7.54. The lowest BCUT2D eigenvalue weighted by atomic mass is 9.86. The first-order chi connectivity index (χ1) is 9.45. The van der Waals surface area contributed by atoms with Crippen molar-refractivity contribution < 1.29 is 5.21 Å². The quantitative estimate of drug-likeness (QED) is 0.222. The predicted octanol–water partition coefficient (Wildman–Crippen LogP) is 1.82. The molecule has 0 saturated heterocycles. The van der Waals surface area contributed by atoms with Gasteiger partial charge in [0.2, 0.25) is 0 Å². The van der Waals surface area contributed by atoms with Crippen molar-refractivity contribution in [1.82, 2.24) is 15.3 Å². The van der Waals surface area contributed by atoms with Gasteiger partial charge in [0.1, 0.15) is 11.7 Å². The molecule has 1 heterocycles. The molecule has 0 fully saturated rings. The maximum atomic E-state index is 8.70. The van der Waals surface area contributed by atoms with Crippen LogP contribution in [0, 0.1) is 12.3 Å². The Bertz CT molecular complexity index is 445. The molecule has 1 aromatic rings. The lowest BCUT2D eigenvalue weighted by Crippen LogP contribution is -2.32. The normalized spacial score (nSPS) is 12.7. The number of hydrogen-bond acceptors (Lipinski definition) is 5. The number of nitrogens with zero attached hydrogens (tertiary/aromatic N) is 3. The van der Waals surface area contributed by atoms with Gasteiger partial charge in [-0.3, -0.25) is 0 Å². The Morgan fingerprint density at radius 2 is 2.20 bits per heavy atom. The van der Waals surface area contributed by atoms with E-state index in [1.807, 2.05) is 26.8 Å². The van der Waals surface area contributed by atoms with Crippen molar-refractivity contribution in [3.05, 3.63) is 23.8 Å². The van der Waals surface area contributed by atoms with Crippen LogP contribution >= 0.6 is 0 Å². The van der Waals surface area contributed by atoms with Crippen molar-refractivity contribution in [3.63, 3.8) is 0 Å². The molecule has 0 radical (unpaired) electrons. The fourth-order valence-corrected chi connectivity index (χ4v) is 1.90. The van der Waals surface area contributed by atoms with Crippen LogP contribution in [0.2, 0.25) is 0 Å². The first kappa shape index (κ1) is 16.4. The van der Waals surface area contributed by atoms with Gasteiger partial charge in [-0.25, -0.2) is 9.97 Å². The molecule has 0 aromatic carbocycles. The molecule has 4 N–H and O–H groups in total. The van der Waals surface area contributed by atoms with Gasteiger partial charge in [0, 0.05) is 18.2 Å². The van der Waals surface area contributed by atoms with Crippen LogP contribution in [-0.2, 0) is 6.54 Å². The maximum absolute atomic E-state index is 8.70. The second-order valence-corrected chi connectivity index (χ2v) is 5.60. The van der Waals surface area contributed by atoms with Gasteiger partial charge in [-0.05, 0) is 32.4 Å².